The Morgan fingerprint density at radius 1 is 1.28 bits per heavy atom. The lowest BCUT2D eigenvalue weighted by Gasteiger charge is -2.23. The molecule has 0 saturated heterocycles. The van der Waals surface area contributed by atoms with E-state index in [1.54, 1.807) is 6.92 Å². The van der Waals surface area contributed by atoms with E-state index >= 15 is 0 Å². The summed E-state index contributed by atoms with van der Waals surface area (Å²) in [5.41, 5.74) is 10.3. The maximum absolute atomic E-state index is 11.1. The molecule has 0 bridgehead atoms. The molecule has 0 spiro atoms. The van der Waals surface area contributed by atoms with Gasteiger partial charge in [-0.2, -0.15) is 0 Å². The van der Waals surface area contributed by atoms with Gasteiger partial charge in [-0.1, -0.05) is 13.3 Å². The van der Waals surface area contributed by atoms with Crippen LogP contribution in [-0.4, -0.2) is 35.5 Å². The van der Waals surface area contributed by atoms with Crippen molar-refractivity contribution in [3.8, 4) is 0 Å². The number of unbranched alkanes of at least 4 members (excludes halogenated alkanes) is 2. The number of primary amides is 1. The number of carbonyl (C=O) groups excluding carboxylic acids is 1. The van der Waals surface area contributed by atoms with Crippen LogP contribution in [0.1, 0.15) is 58.8 Å². The molecule has 0 radical (unpaired) electrons. The molecule has 4 nitrogen and oxygen atoms in total. The van der Waals surface area contributed by atoms with Crippen molar-refractivity contribution in [2.45, 2.75) is 70.4 Å². The van der Waals surface area contributed by atoms with Crippen molar-refractivity contribution >= 4 is 5.91 Å². The van der Waals surface area contributed by atoms with Crippen LogP contribution >= 0.6 is 0 Å². The fourth-order valence-electron chi connectivity index (χ4n) is 2.21. The molecule has 0 heterocycles. The Kier molecular flexibility index (Phi) is 6.09. The molecule has 0 aromatic heterocycles. The third-order valence-corrected chi connectivity index (χ3v) is 3.82. The van der Waals surface area contributed by atoms with Gasteiger partial charge in [-0.15, -0.1) is 0 Å². The average molecular weight is 255 g/mol. The molecule has 1 unspecified atom stereocenters. The van der Waals surface area contributed by atoms with Gasteiger partial charge in [0.05, 0.1) is 5.54 Å². The highest BCUT2D eigenvalue weighted by atomic mass is 16.1. The molecule has 1 fully saturated rings. The molecule has 106 valence electrons. The zero-order valence-corrected chi connectivity index (χ0v) is 12.0. The number of rotatable bonds is 10. The molecular weight excluding hydrogens is 226 g/mol. The number of nitrogens with zero attached hydrogens (tertiary/aromatic N) is 1. The molecule has 0 aromatic rings. The zero-order valence-electron chi connectivity index (χ0n) is 12.0. The Balaban J connectivity index is 2.16. The van der Waals surface area contributed by atoms with Crippen LogP contribution in [0.2, 0.25) is 0 Å². The van der Waals surface area contributed by atoms with Gasteiger partial charge in [0, 0.05) is 6.04 Å². The molecule has 1 aliphatic carbocycles. The fourth-order valence-corrected chi connectivity index (χ4v) is 2.21. The minimum Gasteiger partial charge on any atom is -0.368 e. The molecule has 1 saturated carbocycles. The predicted octanol–water partition coefficient (Wildman–Crippen LogP) is 1.62. The van der Waals surface area contributed by atoms with Gasteiger partial charge in [0.2, 0.25) is 5.91 Å². The molecule has 0 aromatic carbocycles. The lowest BCUT2D eigenvalue weighted by atomic mass is 9.95. The van der Waals surface area contributed by atoms with E-state index in [4.69, 9.17) is 11.5 Å². The Bertz CT molecular complexity index is 262. The maximum Gasteiger partial charge on any atom is 0.237 e. The summed E-state index contributed by atoms with van der Waals surface area (Å²) in [6.45, 7) is 6.32. The molecule has 1 aliphatic rings. The van der Waals surface area contributed by atoms with Crippen LogP contribution in [-0.2, 0) is 4.79 Å². The van der Waals surface area contributed by atoms with Crippen molar-refractivity contribution in [1.82, 2.24) is 4.90 Å². The summed E-state index contributed by atoms with van der Waals surface area (Å²) in [4.78, 5) is 13.7. The van der Waals surface area contributed by atoms with Crippen molar-refractivity contribution in [2.24, 2.45) is 11.5 Å². The average Bonchev–Trinajstić information content (AvgIpc) is 3.12. The molecule has 4 N–H and O–H groups in total. The second-order valence-electron chi connectivity index (χ2n) is 5.86. The van der Waals surface area contributed by atoms with Crippen LogP contribution < -0.4 is 11.5 Å². The third-order valence-electron chi connectivity index (χ3n) is 3.82. The van der Waals surface area contributed by atoms with Crippen LogP contribution in [0.25, 0.3) is 0 Å². The van der Waals surface area contributed by atoms with Crippen LogP contribution in [0.15, 0.2) is 0 Å². The van der Waals surface area contributed by atoms with Gasteiger partial charge in [0.15, 0.2) is 0 Å². The van der Waals surface area contributed by atoms with E-state index in [9.17, 15) is 4.79 Å². The van der Waals surface area contributed by atoms with E-state index in [2.05, 4.69) is 11.8 Å². The molecular formula is C14H29N3O. The number of hydrogen-bond donors (Lipinski definition) is 2. The Hall–Kier alpha value is -0.610. The minimum atomic E-state index is -0.839. The first-order valence-electron chi connectivity index (χ1n) is 7.30. The predicted molar refractivity (Wildman–Crippen MR) is 75.1 cm³/mol. The lowest BCUT2D eigenvalue weighted by Crippen LogP contribution is -2.49. The molecule has 1 amide bonds. The van der Waals surface area contributed by atoms with E-state index in [0.29, 0.717) is 6.42 Å². The fraction of sp³-hybridized carbons (Fsp3) is 0.929. The van der Waals surface area contributed by atoms with Crippen molar-refractivity contribution in [1.29, 1.82) is 0 Å². The Morgan fingerprint density at radius 2 is 1.89 bits per heavy atom. The quantitative estimate of drug-likeness (QED) is 0.583. The summed E-state index contributed by atoms with van der Waals surface area (Å²) in [5.74, 6) is -0.396. The van der Waals surface area contributed by atoms with Gasteiger partial charge in [0.25, 0.3) is 0 Å². The van der Waals surface area contributed by atoms with Gasteiger partial charge in [-0.25, -0.2) is 0 Å². The van der Waals surface area contributed by atoms with E-state index < -0.39 is 11.4 Å². The first-order valence-corrected chi connectivity index (χ1v) is 7.30. The summed E-state index contributed by atoms with van der Waals surface area (Å²) < 4.78 is 0. The van der Waals surface area contributed by atoms with Crippen LogP contribution in [0, 0.1) is 0 Å². The van der Waals surface area contributed by atoms with E-state index in [0.717, 1.165) is 25.4 Å². The molecule has 1 atom stereocenters. The van der Waals surface area contributed by atoms with Gasteiger partial charge >= 0.3 is 0 Å². The Labute approximate surface area is 111 Å². The highest BCUT2D eigenvalue weighted by Gasteiger charge is 2.28. The monoisotopic (exact) mass is 255 g/mol. The van der Waals surface area contributed by atoms with E-state index in [1.165, 1.54) is 32.2 Å². The number of hydrogen-bond acceptors (Lipinski definition) is 3. The van der Waals surface area contributed by atoms with Crippen molar-refractivity contribution < 1.29 is 4.79 Å². The van der Waals surface area contributed by atoms with Gasteiger partial charge < -0.3 is 16.4 Å². The summed E-state index contributed by atoms with van der Waals surface area (Å²) in [6, 6.07) is 0.831. The lowest BCUT2D eigenvalue weighted by molar-refractivity contribution is -0.122. The Morgan fingerprint density at radius 3 is 2.39 bits per heavy atom. The third kappa shape index (κ3) is 5.36. The highest BCUT2D eigenvalue weighted by Crippen LogP contribution is 2.27. The minimum absolute atomic E-state index is 0.396. The molecule has 4 heteroatoms. The zero-order chi connectivity index (χ0) is 13.6. The SMILES string of the molecule is CCCCN(CCCCC(C)(N)C(N)=O)C1CC1. The summed E-state index contributed by atoms with van der Waals surface area (Å²) in [6.07, 6.45) is 8.04. The summed E-state index contributed by atoms with van der Waals surface area (Å²) in [7, 11) is 0. The second kappa shape index (κ2) is 7.10. The van der Waals surface area contributed by atoms with E-state index in [1.807, 2.05) is 0 Å². The topological polar surface area (TPSA) is 72.3 Å². The molecule has 1 rings (SSSR count). The van der Waals surface area contributed by atoms with Crippen LogP contribution in [0.5, 0.6) is 0 Å². The van der Waals surface area contributed by atoms with Crippen molar-refractivity contribution in [3.63, 3.8) is 0 Å². The first-order chi connectivity index (χ1) is 8.47. The van der Waals surface area contributed by atoms with Crippen LogP contribution in [0.4, 0.5) is 0 Å². The maximum atomic E-state index is 11.1. The summed E-state index contributed by atoms with van der Waals surface area (Å²) >= 11 is 0. The van der Waals surface area contributed by atoms with Gasteiger partial charge in [-0.05, 0) is 58.5 Å². The number of nitrogens with two attached hydrogens (primary N) is 2. The second-order valence-corrected chi connectivity index (χ2v) is 5.86. The largest absolute Gasteiger partial charge is 0.368 e. The molecule has 18 heavy (non-hydrogen) atoms. The van der Waals surface area contributed by atoms with Crippen LogP contribution in [0.3, 0.4) is 0 Å². The first kappa shape index (κ1) is 15.4. The van der Waals surface area contributed by atoms with Crippen molar-refractivity contribution in [2.75, 3.05) is 13.1 Å². The summed E-state index contributed by atoms with van der Waals surface area (Å²) in [5, 5.41) is 0. The van der Waals surface area contributed by atoms with E-state index in [-0.39, 0.29) is 0 Å². The van der Waals surface area contributed by atoms with Crippen molar-refractivity contribution in [3.05, 3.63) is 0 Å². The number of carbonyl (C=O) groups is 1. The standard InChI is InChI=1S/C14H29N3O/c1-3-4-10-17(12-7-8-12)11-6-5-9-14(2,16)13(15)18/h12H,3-11,16H2,1-2H3,(H2,15,18). The smallest absolute Gasteiger partial charge is 0.237 e. The van der Waals surface area contributed by atoms with Gasteiger partial charge in [-0.3, -0.25) is 4.79 Å². The molecule has 0 aliphatic heterocycles. The number of amides is 1. The van der Waals surface area contributed by atoms with Gasteiger partial charge in [0.1, 0.15) is 0 Å². The highest BCUT2D eigenvalue weighted by molar-refractivity contribution is 5.83. The normalized spacial score (nSPS) is 18.9.